The number of benzene rings is 4. The second-order valence-corrected chi connectivity index (χ2v) is 6.27. The smallest absolute Gasteiger partial charge is 0.00256 e. The van der Waals surface area contributed by atoms with Crippen LogP contribution in [0.5, 0.6) is 0 Å². The van der Waals surface area contributed by atoms with Gasteiger partial charge in [-0.05, 0) is 39.8 Å². The van der Waals surface area contributed by atoms with Crippen LogP contribution in [0.25, 0.3) is 22.3 Å². The van der Waals surface area contributed by atoms with Crippen molar-refractivity contribution < 1.29 is 0 Å². The summed E-state index contributed by atoms with van der Waals surface area (Å²) in [6.45, 7) is 0. The maximum absolute atomic E-state index is 2.31. The second kappa shape index (κ2) is 8.31. The third kappa shape index (κ3) is 3.92. The van der Waals surface area contributed by atoms with Crippen LogP contribution >= 0.6 is 0 Å². The van der Waals surface area contributed by atoms with E-state index in [1.54, 1.807) is 0 Å². The lowest BCUT2D eigenvalue weighted by molar-refractivity contribution is 1.19. The van der Waals surface area contributed by atoms with Gasteiger partial charge in [0.1, 0.15) is 0 Å². The van der Waals surface area contributed by atoms with Crippen molar-refractivity contribution in [1.29, 1.82) is 0 Å². The molecule has 0 atom stereocenters. The molecule has 0 amide bonds. The molecule has 0 radical (unpaired) electrons. The highest BCUT2D eigenvalue weighted by Gasteiger charge is 2.07. The first-order chi connectivity index (χ1) is 12.4. The Bertz CT molecular complexity index is 953. The molecule has 0 spiro atoms. The van der Waals surface area contributed by atoms with Gasteiger partial charge in [-0.2, -0.15) is 0 Å². The molecule has 0 aliphatic rings. The Kier molecular flexibility index (Phi) is 5.66. The van der Waals surface area contributed by atoms with E-state index in [9.17, 15) is 0 Å². The molecule has 0 bridgehead atoms. The first-order valence-corrected chi connectivity index (χ1v) is 8.68. The lowest BCUT2D eigenvalue weighted by atomic mass is 9.93. The molecule has 26 heavy (non-hydrogen) atoms. The third-order valence-corrected chi connectivity index (χ3v) is 4.50. The van der Waals surface area contributed by atoms with Gasteiger partial charge >= 0.3 is 0 Å². The zero-order valence-corrected chi connectivity index (χ0v) is 14.1. The first-order valence-electron chi connectivity index (χ1n) is 8.68. The van der Waals surface area contributed by atoms with Gasteiger partial charge in [0.2, 0.25) is 0 Å². The predicted molar refractivity (Wildman–Crippen MR) is 113 cm³/mol. The number of hydrogen-bond donors (Lipinski definition) is 0. The van der Waals surface area contributed by atoms with Crippen LogP contribution in [0.15, 0.2) is 109 Å². The average Bonchev–Trinajstić information content (AvgIpc) is 2.70. The SMILES string of the molecule is C.c1ccc(Cc2cccc(-c3ccccc3-c3ccccc3)c2)cc1. The first kappa shape index (κ1) is 17.7. The van der Waals surface area contributed by atoms with Gasteiger partial charge in [-0.25, -0.2) is 0 Å². The Morgan fingerprint density at radius 3 is 1.62 bits per heavy atom. The normalized spacial score (nSPS) is 10.2. The second-order valence-electron chi connectivity index (χ2n) is 6.27. The Hall–Kier alpha value is -3.12. The van der Waals surface area contributed by atoms with Gasteiger partial charge in [-0.15, -0.1) is 0 Å². The zero-order valence-electron chi connectivity index (χ0n) is 14.1. The Morgan fingerprint density at radius 1 is 0.423 bits per heavy atom. The fourth-order valence-electron chi connectivity index (χ4n) is 3.28. The molecule has 0 nitrogen and oxygen atoms in total. The fourth-order valence-corrected chi connectivity index (χ4v) is 3.28. The Morgan fingerprint density at radius 2 is 0.923 bits per heavy atom. The van der Waals surface area contributed by atoms with Gasteiger partial charge in [0.25, 0.3) is 0 Å². The molecule has 0 unspecified atom stereocenters. The molecule has 0 aliphatic heterocycles. The van der Waals surface area contributed by atoms with E-state index in [0.29, 0.717) is 0 Å². The van der Waals surface area contributed by atoms with Gasteiger partial charge < -0.3 is 0 Å². The van der Waals surface area contributed by atoms with E-state index in [2.05, 4.69) is 109 Å². The maximum atomic E-state index is 2.31. The van der Waals surface area contributed by atoms with E-state index in [0.717, 1.165) is 6.42 Å². The zero-order chi connectivity index (χ0) is 16.9. The number of rotatable bonds is 4. The molecule has 0 saturated carbocycles. The molecule has 0 heterocycles. The fraction of sp³-hybridized carbons (Fsp3) is 0.0769. The van der Waals surface area contributed by atoms with Crippen LogP contribution in [0.2, 0.25) is 0 Å². The number of hydrogen-bond acceptors (Lipinski definition) is 0. The summed E-state index contributed by atoms with van der Waals surface area (Å²) in [5, 5.41) is 0. The van der Waals surface area contributed by atoms with Crippen molar-refractivity contribution >= 4 is 0 Å². The highest BCUT2D eigenvalue weighted by atomic mass is 14.1. The van der Waals surface area contributed by atoms with Gasteiger partial charge in [-0.3, -0.25) is 0 Å². The summed E-state index contributed by atoms with van der Waals surface area (Å²) >= 11 is 0. The van der Waals surface area contributed by atoms with Gasteiger partial charge in [0.15, 0.2) is 0 Å². The van der Waals surface area contributed by atoms with Crippen molar-refractivity contribution in [2.45, 2.75) is 13.8 Å². The predicted octanol–water partition coefficient (Wildman–Crippen LogP) is 7.25. The Balaban J connectivity index is 0.00000196. The highest BCUT2D eigenvalue weighted by Crippen LogP contribution is 2.32. The molecular weight excluding hydrogens is 312 g/mol. The quantitative estimate of drug-likeness (QED) is 0.368. The molecule has 0 heteroatoms. The minimum absolute atomic E-state index is 0. The topological polar surface area (TPSA) is 0 Å². The molecule has 4 aromatic carbocycles. The van der Waals surface area contributed by atoms with Crippen molar-refractivity contribution in [2.24, 2.45) is 0 Å². The van der Waals surface area contributed by atoms with Gasteiger partial charge in [0, 0.05) is 0 Å². The van der Waals surface area contributed by atoms with E-state index < -0.39 is 0 Å². The molecule has 4 rings (SSSR count). The highest BCUT2D eigenvalue weighted by molar-refractivity contribution is 5.83. The molecule has 128 valence electrons. The van der Waals surface area contributed by atoms with E-state index >= 15 is 0 Å². The van der Waals surface area contributed by atoms with Crippen LogP contribution in [0.3, 0.4) is 0 Å². The van der Waals surface area contributed by atoms with Crippen molar-refractivity contribution in [3.8, 4) is 22.3 Å². The van der Waals surface area contributed by atoms with Crippen LogP contribution in [0.1, 0.15) is 18.6 Å². The van der Waals surface area contributed by atoms with Crippen LogP contribution in [-0.4, -0.2) is 0 Å². The van der Waals surface area contributed by atoms with E-state index in [1.165, 1.54) is 33.4 Å². The summed E-state index contributed by atoms with van der Waals surface area (Å²) in [4.78, 5) is 0. The molecule has 0 aliphatic carbocycles. The van der Waals surface area contributed by atoms with Gasteiger partial charge in [0.05, 0.1) is 0 Å². The molecule has 0 saturated heterocycles. The summed E-state index contributed by atoms with van der Waals surface area (Å²) in [5.74, 6) is 0. The largest absolute Gasteiger partial charge is 0.0776 e. The lowest BCUT2D eigenvalue weighted by Gasteiger charge is -2.11. The lowest BCUT2D eigenvalue weighted by Crippen LogP contribution is -1.90. The van der Waals surface area contributed by atoms with Crippen molar-refractivity contribution in [2.75, 3.05) is 0 Å². The van der Waals surface area contributed by atoms with E-state index in [1.807, 2.05) is 0 Å². The molecule has 0 N–H and O–H groups in total. The molecular formula is C26H24. The minimum Gasteiger partial charge on any atom is -0.0776 e. The Labute approximate surface area is 156 Å². The molecule has 0 aromatic heterocycles. The minimum atomic E-state index is 0. The van der Waals surface area contributed by atoms with Gasteiger partial charge in [-0.1, -0.05) is 117 Å². The van der Waals surface area contributed by atoms with Crippen molar-refractivity contribution in [1.82, 2.24) is 0 Å². The maximum Gasteiger partial charge on any atom is -0.00256 e. The average molecular weight is 336 g/mol. The van der Waals surface area contributed by atoms with Crippen LogP contribution < -0.4 is 0 Å². The van der Waals surface area contributed by atoms with Crippen molar-refractivity contribution in [3.63, 3.8) is 0 Å². The monoisotopic (exact) mass is 336 g/mol. The molecule has 0 fully saturated rings. The van der Waals surface area contributed by atoms with E-state index in [4.69, 9.17) is 0 Å². The van der Waals surface area contributed by atoms with Crippen LogP contribution in [0.4, 0.5) is 0 Å². The van der Waals surface area contributed by atoms with Crippen LogP contribution in [0, 0.1) is 0 Å². The third-order valence-electron chi connectivity index (χ3n) is 4.50. The molecule has 4 aromatic rings. The summed E-state index contributed by atoms with van der Waals surface area (Å²) in [6, 6.07) is 38.8. The standard InChI is InChI=1S/C25H20.CH4/c1-3-10-20(11-4-1)18-21-12-9-15-23(19-21)25-17-8-7-16-24(25)22-13-5-2-6-14-22;/h1-17,19H,18H2;1H4. The summed E-state index contributed by atoms with van der Waals surface area (Å²) in [6.07, 6.45) is 0.960. The van der Waals surface area contributed by atoms with E-state index in [-0.39, 0.29) is 7.43 Å². The summed E-state index contributed by atoms with van der Waals surface area (Å²) in [5.41, 5.74) is 7.77. The van der Waals surface area contributed by atoms with Crippen LogP contribution in [-0.2, 0) is 6.42 Å². The van der Waals surface area contributed by atoms with Crippen molar-refractivity contribution in [3.05, 3.63) is 120 Å². The summed E-state index contributed by atoms with van der Waals surface area (Å²) in [7, 11) is 0. The summed E-state index contributed by atoms with van der Waals surface area (Å²) < 4.78 is 0.